The summed E-state index contributed by atoms with van der Waals surface area (Å²) < 4.78 is 44.0. The van der Waals surface area contributed by atoms with E-state index < -0.39 is 15.4 Å². The number of likely N-dealkylation sites (tertiary alicyclic amines) is 1. The van der Waals surface area contributed by atoms with Crippen LogP contribution in [0, 0.1) is 6.92 Å². The summed E-state index contributed by atoms with van der Waals surface area (Å²) in [5.41, 5.74) is 4.17. The Morgan fingerprint density at radius 1 is 0.977 bits per heavy atom. The van der Waals surface area contributed by atoms with Crippen molar-refractivity contribution in [3.63, 3.8) is 0 Å². The molecule has 0 spiro atoms. The second-order valence-corrected chi connectivity index (χ2v) is 13.9. The number of hydrogen-bond acceptors (Lipinski definition) is 8. The van der Waals surface area contributed by atoms with Gasteiger partial charge in [0.25, 0.3) is 0 Å². The van der Waals surface area contributed by atoms with Gasteiger partial charge in [0.15, 0.2) is 27.0 Å². The van der Waals surface area contributed by atoms with E-state index in [4.69, 9.17) is 19.3 Å². The average Bonchev–Trinajstić information content (AvgIpc) is 3.36. The highest BCUT2D eigenvalue weighted by atomic mass is 32.2. The number of amides is 1. The van der Waals surface area contributed by atoms with Gasteiger partial charge < -0.3 is 19.1 Å². The Hall–Kier alpha value is -4.12. The van der Waals surface area contributed by atoms with Crippen LogP contribution in [0.4, 0.5) is 4.79 Å². The highest BCUT2D eigenvalue weighted by Gasteiger charge is 2.29. The summed E-state index contributed by atoms with van der Waals surface area (Å²) in [7, 11) is -1.69. The van der Waals surface area contributed by atoms with Gasteiger partial charge in [-0.2, -0.15) is 5.10 Å². The van der Waals surface area contributed by atoms with Crippen LogP contribution in [0.3, 0.4) is 0 Å². The predicted octanol–water partition coefficient (Wildman–Crippen LogP) is 6.34. The highest BCUT2D eigenvalue weighted by molar-refractivity contribution is 7.91. The Morgan fingerprint density at radius 3 is 2.30 bits per heavy atom. The van der Waals surface area contributed by atoms with Crippen molar-refractivity contribution in [2.24, 2.45) is 0 Å². The lowest BCUT2D eigenvalue weighted by molar-refractivity contribution is 0.00110. The first-order chi connectivity index (χ1) is 20.9. The molecule has 5 rings (SSSR count). The zero-order valence-corrected chi connectivity index (χ0v) is 27.0. The fraction of sp³-hybridized carbons (Fsp3) is 0.424. The lowest BCUT2D eigenvalue weighted by Crippen LogP contribution is -2.44. The number of benzene rings is 2. The second kappa shape index (κ2) is 12.5. The number of aromatic nitrogens is 3. The molecular formula is C33H40N4O6S. The van der Waals surface area contributed by atoms with E-state index >= 15 is 0 Å². The van der Waals surface area contributed by atoms with Crippen molar-refractivity contribution >= 4 is 21.6 Å². The zero-order chi connectivity index (χ0) is 31.6. The van der Waals surface area contributed by atoms with Crippen LogP contribution in [-0.2, 0) is 14.6 Å². The molecule has 2 aromatic heterocycles. The maximum atomic E-state index is 12.6. The van der Waals surface area contributed by atoms with Gasteiger partial charge in [0.2, 0.25) is 0 Å². The maximum Gasteiger partial charge on any atom is 0.410 e. The molecule has 0 atom stereocenters. The van der Waals surface area contributed by atoms with Crippen LogP contribution in [0.25, 0.3) is 28.2 Å². The van der Waals surface area contributed by atoms with Gasteiger partial charge in [-0.15, -0.1) is 0 Å². The third-order valence-corrected chi connectivity index (χ3v) is 9.94. The fourth-order valence-corrected chi connectivity index (χ4v) is 6.03. The van der Waals surface area contributed by atoms with Crippen LogP contribution < -0.4 is 9.47 Å². The normalized spacial score (nSPS) is 14.5. The summed E-state index contributed by atoms with van der Waals surface area (Å²) in [5.74, 6) is 1.27. The highest BCUT2D eigenvalue weighted by Crippen LogP contribution is 2.35. The molecule has 0 aliphatic carbocycles. The Labute approximate surface area is 258 Å². The molecule has 10 nitrogen and oxygen atoms in total. The number of carbonyl (C=O) groups is 1. The number of carbonyl (C=O) groups excluding carboxylic acids is 1. The molecule has 0 unspecified atom stereocenters. The number of fused-ring (bicyclic) bond motifs is 1. The summed E-state index contributed by atoms with van der Waals surface area (Å²) in [4.78, 5) is 19.3. The van der Waals surface area contributed by atoms with Gasteiger partial charge in [0.05, 0.1) is 34.8 Å². The van der Waals surface area contributed by atoms with Crippen molar-refractivity contribution in [3.05, 3.63) is 60.3 Å². The molecular weight excluding hydrogens is 580 g/mol. The first-order valence-electron chi connectivity index (χ1n) is 15.0. The van der Waals surface area contributed by atoms with Crippen molar-refractivity contribution in [1.82, 2.24) is 19.5 Å². The van der Waals surface area contributed by atoms with Crippen molar-refractivity contribution < 1.29 is 27.4 Å². The van der Waals surface area contributed by atoms with Crippen LogP contribution in [0.15, 0.2) is 59.5 Å². The smallest absolute Gasteiger partial charge is 0.410 e. The molecule has 11 heteroatoms. The monoisotopic (exact) mass is 620 g/mol. The Kier molecular flexibility index (Phi) is 8.88. The third-order valence-electron chi connectivity index (χ3n) is 8.19. The third kappa shape index (κ3) is 6.52. The summed E-state index contributed by atoms with van der Waals surface area (Å²) in [5, 5.41) is 4.90. The largest absolute Gasteiger partial charge is 0.493 e. The lowest BCUT2D eigenvalue weighted by atomic mass is 10.1. The molecule has 0 bridgehead atoms. The topological polar surface area (TPSA) is 112 Å². The van der Waals surface area contributed by atoms with Crippen LogP contribution in [0.2, 0.25) is 0 Å². The van der Waals surface area contributed by atoms with Gasteiger partial charge in [-0.1, -0.05) is 26.0 Å². The number of rotatable bonds is 9. The first kappa shape index (κ1) is 31.3. The van der Waals surface area contributed by atoms with E-state index in [1.807, 2.05) is 58.0 Å². The molecule has 0 N–H and O–H groups in total. The minimum Gasteiger partial charge on any atom is -0.493 e. The fourth-order valence-electron chi connectivity index (χ4n) is 5.15. The maximum absolute atomic E-state index is 12.6. The Morgan fingerprint density at radius 2 is 1.66 bits per heavy atom. The summed E-state index contributed by atoms with van der Waals surface area (Å²) >= 11 is 0. The van der Waals surface area contributed by atoms with E-state index in [9.17, 15) is 13.2 Å². The van der Waals surface area contributed by atoms with Gasteiger partial charge in [0.1, 0.15) is 11.7 Å². The molecule has 0 saturated carbocycles. The summed E-state index contributed by atoms with van der Waals surface area (Å²) in [6.07, 6.45) is 1.81. The molecule has 1 amide bonds. The quantitative estimate of drug-likeness (QED) is 0.213. The molecule has 4 aromatic rings. The van der Waals surface area contributed by atoms with Crippen LogP contribution in [-0.4, -0.2) is 71.7 Å². The van der Waals surface area contributed by atoms with E-state index in [0.29, 0.717) is 53.7 Å². The van der Waals surface area contributed by atoms with Crippen LogP contribution in [0.1, 0.15) is 52.7 Å². The van der Waals surface area contributed by atoms with Crippen molar-refractivity contribution in [2.45, 2.75) is 70.5 Å². The van der Waals surface area contributed by atoms with Crippen molar-refractivity contribution in [3.8, 4) is 34.0 Å². The molecule has 1 aliphatic rings. The number of piperidine rings is 1. The summed E-state index contributed by atoms with van der Waals surface area (Å²) in [6.45, 7) is 10.5. The molecule has 44 heavy (non-hydrogen) atoms. The molecule has 0 radical (unpaired) electrons. The van der Waals surface area contributed by atoms with Crippen molar-refractivity contribution in [1.29, 1.82) is 0 Å². The van der Waals surface area contributed by atoms with E-state index in [2.05, 4.69) is 4.98 Å². The number of aryl methyl sites for hydroxylation is 1. The SMILES string of the molecule is CCC(C)(C)OC(=O)N1CCC(Oc2ccc(-c3ccc4nc(C)c(-c5ccc(S(=O)(=O)CC)cc5)n4n3)cc2OC)CC1. The number of ether oxygens (including phenoxy) is 3. The van der Waals surface area contributed by atoms with Gasteiger partial charge in [0, 0.05) is 37.1 Å². The lowest BCUT2D eigenvalue weighted by Gasteiger charge is -2.34. The molecule has 1 aliphatic heterocycles. The number of imidazole rings is 1. The predicted molar refractivity (Wildman–Crippen MR) is 169 cm³/mol. The number of nitrogens with zero attached hydrogens (tertiary/aromatic N) is 4. The van der Waals surface area contributed by atoms with Gasteiger partial charge >= 0.3 is 6.09 Å². The van der Waals surface area contributed by atoms with E-state index in [0.717, 1.165) is 28.9 Å². The van der Waals surface area contributed by atoms with E-state index in [-0.39, 0.29) is 18.0 Å². The minimum atomic E-state index is -3.29. The van der Waals surface area contributed by atoms with Crippen LogP contribution in [0.5, 0.6) is 11.5 Å². The van der Waals surface area contributed by atoms with E-state index in [1.54, 1.807) is 47.7 Å². The first-order valence-corrected chi connectivity index (χ1v) is 16.6. The number of methoxy groups -OCH3 is 1. The van der Waals surface area contributed by atoms with Gasteiger partial charge in [-0.05, 0) is 69.7 Å². The molecule has 1 fully saturated rings. The van der Waals surface area contributed by atoms with Crippen molar-refractivity contribution in [2.75, 3.05) is 26.0 Å². The number of hydrogen-bond donors (Lipinski definition) is 0. The Bertz CT molecular complexity index is 1760. The average molecular weight is 621 g/mol. The number of sulfone groups is 1. The molecule has 3 heterocycles. The molecule has 234 valence electrons. The van der Waals surface area contributed by atoms with E-state index in [1.165, 1.54) is 0 Å². The summed E-state index contributed by atoms with van der Waals surface area (Å²) in [6, 6.07) is 16.4. The van der Waals surface area contributed by atoms with Gasteiger partial charge in [-0.25, -0.2) is 22.7 Å². The molecule has 1 saturated heterocycles. The Balaban J connectivity index is 1.34. The minimum absolute atomic E-state index is 0.0482. The van der Waals surface area contributed by atoms with Gasteiger partial charge in [-0.3, -0.25) is 0 Å². The second-order valence-electron chi connectivity index (χ2n) is 11.6. The zero-order valence-electron chi connectivity index (χ0n) is 26.2. The van der Waals surface area contributed by atoms with Crippen LogP contribution >= 0.6 is 0 Å². The standard InChI is InChI=1S/C33H40N4O6S/c1-7-33(4,5)43-32(38)36-19-17-25(18-20-36)42-28-15-11-24(21-29(28)41-6)27-14-16-30-34-22(3)31(37(30)35-27)23-9-12-26(13-10-23)44(39,40)8-2/h9-16,21,25H,7-8,17-20H2,1-6H3. The molecule has 2 aromatic carbocycles.